The molecule has 26 heavy (non-hydrogen) atoms. The molecule has 0 spiro atoms. The summed E-state index contributed by atoms with van der Waals surface area (Å²) in [5.74, 6) is 0.790. The predicted octanol–water partition coefficient (Wildman–Crippen LogP) is 2.41. The molecule has 3 rings (SSSR count). The van der Waals surface area contributed by atoms with Crippen LogP contribution < -0.4 is 19.1 Å². The molecular formula is C18H20N2O5S. The quantitative estimate of drug-likeness (QED) is 0.837. The van der Waals surface area contributed by atoms with Crippen molar-refractivity contribution in [1.82, 2.24) is 0 Å². The van der Waals surface area contributed by atoms with E-state index in [9.17, 15) is 13.2 Å². The molecule has 1 aliphatic heterocycles. The van der Waals surface area contributed by atoms with Gasteiger partial charge in [0.05, 0.1) is 25.5 Å². The fourth-order valence-corrected chi connectivity index (χ4v) is 4.06. The summed E-state index contributed by atoms with van der Waals surface area (Å²) in [6, 6.07) is 9.49. The van der Waals surface area contributed by atoms with Crippen molar-refractivity contribution in [3.8, 4) is 11.5 Å². The summed E-state index contributed by atoms with van der Waals surface area (Å²) in [5.41, 5.74) is 2.04. The van der Waals surface area contributed by atoms with Crippen molar-refractivity contribution >= 4 is 27.3 Å². The Morgan fingerprint density at radius 3 is 2.46 bits per heavy atom. The van der Waals surface area contributed by atoms with E-state index in [0.717, 1.165) is 11.3 Å². The smallest absolute Gasteiger partial charge is 0.262 e. The number of benzene rings is 2. The van der Waals surface area contributed by atoms with E-state index in [-0.39, 0.29) is 17.2 Å². The Kier molecular flexibility index (Phi) is 4.78. The van der Waals surface area contributed by atoms with Gasteiger partial charge in [-0.1, -0.05) is 0 Å². The van der Waals surface area contributed by atoms with Crippen LogP contribution in [0.2, 0.25) is 0 Å². The Labute approximate surface area is 152 Å². The number of methoxy groups -OCH3 is 2. The molecule has 0 atom stereocenters. The van der Waals surface area contributed by atoms with Crippen LogP contribution in [0.15, 0.2) is 41.3 Å². The first-order valence-electron chi connectivity index (χ1n) is 8.07. The second kappa shape index (κ2) is 6.87. The lowest BCUT2D eigenvalue weighted by Crippen LogP contribution is -2.25. The van der Waals surface area contributed by atoms with Crippen LogP contribution in [0.5, 0.6) is 11.5 Å². The molecule has 0 fully saturated rings. The van der Waals surface area contributed by atoms with Crippen molar-refractivity contribution in [2.75, 3.05) is 30.4 Å². The van der Waals surface area contributed by atoms with E-state index in [0.29, 0.717) is 23.7 Å². The molecule has 1 heterocycles. The zero-order chi connectivity index (χ0) is 18.9. The van der Waals surface area contributed by atoms with Crippen molar-refractivity contribution in [2.24, 2.45) is 0 Å². The number of nitrogens with one attached hydrogen (secondary N) is 1. The number of hydrogen-bond donors (Lipinski definition) is 1. The van der Waals surface area contributed by atoms with Gasteiger partial charge in [0.25, 0.3) is 10.0 Å². The topological polar surface area (TPSA) is 84.9 Å². The van der Waals surface area contributed by atoms with Crippen LogP contribution in [-0.2, 0) is 21.2 Å². The van der Waals surface area contributed by atoms with Gasteiger partial charge in [-0.25, -0.2) is 8.42 Å². The fourth-order valence-electron chi connectivity index (χ4n) is 2.99. The van der Waals surface area contributed by atoms with Gasteiger partial charge < -0.3 is 14.4 Å². The molecule has 2 aromatic carbocycles. The number of fused-ring (bicyclic) bond motifs is 1. The summed E-state index contributed by atoms with van der Waals surface area (Å²) in [4.78, 5) is 13.7. The number of amides is 1. The number of rotatable bonds is 6. The van der Waals surface area contributed by atoms with Gasteiger partial charge in [-0.15, -0.1) is 0 Å². The molecule has 0 saturated heterocycles. The number of hydrogen-bond acceptors (Lipinski definition) is 5. The van der Waals surface area contributed by atoms with Crippen molar-refractivity contribution in [3.05, 3.63) is 42.0 Å². The number of nitrogens with zero attached hydrogens (tertiary/aromatic N) is 1. The minimum atomic E-state index is -3.81. The fraction of sp³-hybridized carbons (Fsp3) is 0.278. The number of carbonyl (C=O) groups is 1. The van der Waals surface area contributed by atoms with Crippen LogP contribution in [0.3, 0.4) is 0 Å². The molecule has 1 N–H and O–H groups in total. The summed E-state index contributed by atoms with van der Waals surface area (Å²) in [6.07, 6.45) is 0.273. The third-order valence-electron chi connectivity index (χ3n) is 4.25. The van der Waals surface area contributed by atoms with E-state index in [4.69, 9.17) is 9.47 Å². The predicted molar refractivity (Wildman–Crippen MR) is 98.5 cm³/mol. The first-order valence-corrected chi connectivity index (χ1v) is 9.56. The maximum absolute atomic E-state index is 12.7. The average Bonchev–Trinajstić information content (AvgIpc) is 2.94. The Morgan fingerprint density at radius 1 is 1.08 bits per heavy atom. The van der Waals surface area contributed by atoms with E-state index in [1.54, 1.807) is 23.1 Å². The van der Waals surface area contributed by atoms with E-state index in [1.807, 2.05) is 6.92 Å². The molecule has 138 valence electrons. The standard InChI is InChI=1S/C18H20N2O5S/c1-4-20-15-7-5-13(9-12(15)10-18(20)21)19-26(22,23)14-6-8-16(24-2)17(11-14)25-3/h5-9,11,19H,4,10H2,1-3H3. The summed E-state index contributed by atoms with van der Waals surface area (Å²) < 4.78 is 38.2. The zero-order valence-corrected chi connectivity index (χ0v) is 15.6. The van der Waals surface area contributed by atoms with Gasteiger partial charge in [-0.2, -0.15) is 0 Å². The SMILES string of the molecule is CCN1C(=O)Cc2cc(NS(=O)(=O)c3ccc(OC)c(OC)c3)ccc21. The van der Waals surface area contributed by atoms with Crippen LogP contribution in [-0.4, -0.2) is 35.1 Å². The highest BCUT2D eigenvalue weighted by Gasteiger charge is 2.26. The lowest BCUT2D eigenvalue weighted by Gasteiger charge is -2.15. The summed E-state index contributed by atoms with van der Waals surface area (Å²) in [7, 11) is -0.880. The highest BCUT2D eigenvalue weighted by atomic mass is 32.2. The lowest BCUT2D eigenvalue weighted by molar-refractivity contribution is -0.117. The number of ether oxygens (including phenoxy) is 2. The molecule has 0 aromatic heterocycles. The maximum atomic E-state index is 12.7. The molecular weight excluding hydrogens is 356 g/mol. The zero-order valence-electron chi connectivity index (χ0n) is 14.8. The molecule has 0 bridgehead atoms. The Morgan fingerprint density at radius 2 is 1.81 bits per heavy atom. The molecule has 7 nitrogen and oxygen atoms in total. The first kappa shape index (κ1) is 18.1. The van der Waals surface area contributed by atoms with Gasteiger partial charge in [0.1, 0.15) is 0 Å². The van der Waals surface area contributed by atoms with Gasteiger partial charge in [0.2, 0.25) is 5.91 Å². The molecule has 0 saturated carbocycles. The van der Waals surface area contributed by atoms with Crippen LogP contribution in [0, 0.1) is 0 Å². The molecule has 1 amide bonds. The number of sulfonamides is 1. The first-order chi connectivity index (χ1) is 12.4. The lowest BCUT2D eigenvalue weighted by atomic mass is 10.1. The highest BCUT2D eigenvalue weighted by Crippen LogP contribution is 2.33. The van der Waals surface area contributed by atoms with Gasteiger partial charge >= 0.3 is 0 Å². The van der Waals surface area contributed by atoms with Gasteiger partial charge in [0, 0.05) is 24.0 Å². The largest absolute Gasteiger partial charge is 0.493 e. The minimum Gasteiger partial charge on any atom is -0.493 e. The number of likely N-dealkylation sites (N-methyl/N-ethyl adjacent to an activating group) is 1. The number of anilines is 2. The van der Waals surface area contributed by atoms with Crippen molar-refractivity contribution in [1.29, 1.82) is 0 Å². The van der Waals surface area contributed by atoms with Gasteiger partial charge in [-0.05, 0) is 42.8 Å². The second-order valence-electron chi connectivity index (χ2n) is 5.78. The Bertz CT molecular complexity index is 956. The van der Waals surface area contributed by atoms with E-state index in [2.05, 4.69) is 4.72 Å². The van der Waals surface area contributed by atoms with Crippen molar-refractivity contribution in [3.63, 3.8) is 0 Å². The second-order valence-corrected chi connectivity index (χ2v) is 7.46. The van der Waals surface area contributed by atoms with Crippen LogP contribution >= 0.6 is 0 Å². The van der Waals surface area contributed by atoms with Crippen molar-refractivity contribution in [2.45, 2.75) is 18.2 Å². The van der Waals surface area contributed by atoms with Crippen molar-refractivity contribution < 1.29 is 22.7 Å². The summed E-state index contributed by atoms with van der Waals surface area (Å²) >= 11 is 0. The molecule has 1 aliphatic rings. The maximum Gasteiger partial charge on any atom is 0.262 e. The van der Waals surface area contributed by atoms with E-state index < -0.39 is 10.0 Å². The Hall–Kier alpha value is -2.74. The van der Waals surface area contributed by atoms with Crippen LogP contribution in [0.4, 0.5) is 11.4 Å². The third kappa shape index (κ3) is 3.20. The van der Waals surface area contributed by atoms with Crippen LogP contribution in [0.25, 0.3) is 0 Å². The molecule has 0 unspecified atom stereocenters. The van der Waals surface area contributed by atoms with E-state index in [1.165, 1.54) is 32.4 Å². The third-order valence-corrected chi connectivity index (χ3v) is 5.63. The molecule has 2 aromatic rings. The Balaban J connectivity index is 1.89. The van der Waals surface area contributed by atoms with Gasteiger partial charge in [-0.3, -0.25) is 9.52 Å². The van der Waals surface area contributed by atoms with E-state index >= 15 is 0 Å². The molecule has 0 aliphatic carbocycles. The monoisotopic (exact) mass is 376 g/mol. The summed E-state index contributed by atoms with van der Waals surface area (Å²) in [5, 5.41) is 0. The summed E-state index contributed by atoms with van der Waals surface area (Å²) in [6.45, 7) is 2.49. The number of carbonyl (C=O) groups excluding carboxylic acids is 1. The van der Waals surface area contributed by atoms with Crippen LogP contribution in [0.1, 0.15) is 12.5 Å². The van der Waals surface area contributed by atoms with Gasteiger partial charge in [0.15, 0.2) is 11.5 Å². The average molecular weight is 376 g/mol. The highest BCUT2D eigenvalue weighted by molar-refractivity contribution is 7.92. The molecule has 8 heteroatoms. The minimum absolute atomic E-state index is 0.0161. The normalized spacial score (nSPS) is 13.5. The molecule has 0 radical (unpaired) electrons.